The third kappa shape index (κ3) is 5.48. The molecule has 1 saturated heterocycles. The standard InChI is InChI=1S/C16H18BrN3O2.2ClH/c17-13-4-2-1-3-12(13)14-10-20-16(22-14)6-5-15(21)19-9-11-7-18-8-11;;/h1-4,10-11,18H,5-9H2,(H,19,21);2*1H. The van der Waals surface area contributed by atoms with Crippen LogP contribution in [0.1, 0.15) is 12.3 Å². The second-order valence-corrected chi connectivity index (χ2v) is 6.28. The summed E-state index contributed by atoms with van der Waals surface area (Å²) >= 11 is 3.49. The summed E-state index contributed by atoms with van der Waals surface area (Å²) in [7, 11) is 0. The lowest BCUT2D eigenvalue weighted by Gasteiger charge is -2.27. The number of amides is 1. The maximum Gasteiger partial charge on any atom is 0.220 e. The van der Waals surface area contributed by atoms with Crippen LogP contribution in [0.3, 0.4) is 0 Å². The zero-order chi connectivity index (χ0) is 15.4. The third-order valence-corrected chi connectivity index (χ3v) is 4.40. The highest BCUT2D eigenvalue weighted by atomic mass is 79.9. The predicted molar refractivity (Wildman–Crippen MR) is 102 cm³/mol. The molecule has 24 heavy (non-hydrogen) atoms. The fraction of sp³-hybridized carbons (Fsp3) is 0.375. The van der Waals surface area contributed by atoms with Crippen LogP contribution in [0.2, 0.25) is 0 Å². The van der Waals surface area contributed by atoms with Gasteiger partial charge in [0.15, 0.2) is 11.7 Å². The van der Waals surface area contributed by atoms with Gasteiger partial charge in [0.05, 0.1) is 6.20 Å². The molecule has 8 heteroatoms. The molecule has 0 saturated carbocycles. The Labute approximate surface area is 161 Å². The van der Waals surface area contributed by atoms with E-state index in [0.717, 1.165) is 29.7 Å². The number of hydrogen-bond donors (Lipinski definition) is 2. The lowest BCUT2D eigenvalue weighted by molar-refractivity contribution is -0.121. The predicted octanol–water partition coefficient (Wildman–Crippen LogP) is 3.22. The molecule has 1 aliphatic rings. The number of carbonyl (C=O) groups is 1. The van der Waals surface area contributed by atoms with Crippen molar-refractivity contribution in [1.29, 1.82) is 0 Å². The van der Waals surface area contributed by atoms with Crippen LogP contribution in [-0.2, 0) is 11.2 Å². The maximum atomic E-state index is 11.8. The lowest BCUT2D eigenvalue weighted by Crippen LogP contribution is -2.48. The Morgan fingerprint density at radius 2 is 2.08 bits per heavy atom. The third-order valence-electron chi connectivity index (χ3n) is 3.71. The molecule has 2 N–H and O–H groups in total. The van der Waals surface area contributed by atoms with Crippen molar-refractivity contribution in [2.45, 2.75) is 12.8 Å². The Hall–Kier alpha value is -1.08. The van der Waals surface area contributed by atoms with E-state index in [1.165, 1.54) is 0 Å². The molecule has 0 aliphatic carbocycles. The van der Waals surface area contributed by atoms with Gasteiger partial charge in [0.2, 0.25) is 5.91 Å². The molecule has 0 bridgehead atoms. The summed E-state index contributed by atoms with van der Waals surface area (Å²) in [5.41, 5.74) is 0.961. The van der Waals surface area contributed by atoms with Crippen molar-refractivity contribution in [2.75, 3.05) is 19.6 Å². The van der Waals surface area contributed by atoms with Gasteiger partial charge in [-0.3, -0.25) is 4.79 Å². The van der Waals surface area contributed by atoms with Crippen LogP contribution >= 0.6 is 40.7 Å². The second kappa shape index (κ2) is 10.0. The van der Waals surface area contributed by atoms with Crippen LogP contribution < -0.4 is 10.6 Å². The van der Waals surface area contributed by atoms with E-state index >= 15 is 0 Å². The van der Waals surface area contributed by atoms with Gasteiger partial charge in [-0.2, -0.15) is 0 Å². The number of nitrogens with one attached hydrogen (secondary N) is 2. The van der Waals surface area contributed by atoms with E-state index in [1.807, 2.05) is 24.3 Å². The summed E-state index contributed by atoms with van der Waals surface area (Å²) in [6.07, 6.45) is 2.61. The molecule has 0 atom stereocenters. The first kappa shape index (κ1) is 21.0. The van der Waals surface area contributed by atoms with E-state index in [2.05, 4.69) is 31.5 Å². The summed E-state index contributed by atoms with van der Waals surface area (Å²) in [5, 5.41) is 6.13. The molecule has 1 aliphatic heterocycles. The fourth-order valence-electron chi connectivity index (χ4n) is 2.27. The van der Waals surface area contributed by atoms with E-state index in [9.17, 15) is 4.79 Å². The highest BCUT2D eigenvalue weighted by Gasteiger charge is 2.17. The van der Waals surface area contributed by atoms with E-state index in [1.54, 1.807) is 6.20 Å². The lowest BCUT2D eigenvalue weighted by atomic mass is 10.0. The number of nitrogens with zero attached hydrogens (tertiary/aromatic N) is 1. The average Bonchev–Trinajstić information content (AvgIpc) is 2.93. The van der Waals surface area contributed by atoms with E-state index in [0.29, 0.717) is 30.4 Å². The van der Waals surface area contributed by atoms with Gasteiger partial charge in [0, 0.05) is 48.4 Å². The molecule has 2 aromatic rings. The van der Waals surface area contributed by atoms with Crippen molar-refractivity contribution in [3.05, 3.63) is 40.8 Å². The number of rotatable bonds is 6. The van der Waals surface area contributed by atoms with Gasteiger partial charge in [-0.05, 0) is 6.07 Å². The van der Waals surface area contributed by atoms with Crippen molar-refractivity contribution < 1.29 is 9.21 Å². The Bertz CT molecular complexity index is 662. The average molecular weight is 437 g/mol. The van der Waals surface area contributed by atoms with Gasteiger partial charge in [-0.25, -0.2) is 4.98 Å². The molecule has 5 nitrogen and oxygen atoms in total. The van der Waals surface area contributed by atoms with Crippen LogP contribution in [-0.4, -0.2) is 30.5 Å². The number of aryl methyl sites for hydroxylation is 1. The molecule has 1 amide bonds. The normalized spacial score (nSPS) is 13.4. The Morgan fingerprint density at radius 3 is 2.75 bits per heavy atom. The molecular weight excluding hydrogens is 417 g/mol. The van der Waals surface area contributed by atoms with E-state index in [-0.39, 0.29) is 30.7 Å². The molecule has 1 fully saturated rings. The number of carbonyl (C=O) groups excluding carboxylic acids is 1. The number of aromatic nitrogens is 1. The molecule has 1 aromatic carbocycles. The minimum atomic E-state index is 0. The highest BCUT2D eigenvalue weighted by molar-refractivity contribution is 9.10. The molecule has 1 aromatic heterocycles. The first-order chi connectivity index (χ1) is 10.7. The topological polar surface area (TPSA) is 67.2 Å². The zero-order valence-electron chi connectivity index (χ0n) is 13.0. The minimum Gasteiger partial charge on any atom is -0.441 e. The molecular formula is C16H20BrCl2N3O2. The van der Waals surface area contributed by atoms with Gasteiger partial charge in [0.25, 0.3) is 0 Å². The van der Waals surface area contributed by atoms with Crippen LogP contribution in [0.4, 0.5) is 0 Å². The molecule has 0 radical (unpaired) electrons. The van der Waals surface area contributed by atoms with E-state index < -0.39 is 0 Å². The molecule has 2 heterocycles. The van der Waals surface area contributed by atoms with Crippen LogP contribution in [0.15, 0.2) is 39.4 Å². The van der Waals surface area contributed by atoms with Crippen LogP contribution in [0, 0.1) is 5.92 Å². The van der Waals surface area contributed by atoms with Crippen LogP contribution in [0.25, 0.3) is 11.3 Å². The summed E-state index contributed by atoms with van der Waals surface area (Å²) in [6, 6.07) is 7.83. The van der Waals surface area contributed by atoms with Crippen molar-refractivity contribution >= 4 is 46.7 Å². The Morgan fingerprint density at radius 1 is 1.33 bits per heavy atom. The largest absolute Gasteiger partial charge is 0.441 e. The first-order valence-corrected chi connectivity index (χ1v) is 8.18. The van der Waals surface area contributed by atoms with Gasteiger partial charge < -0.3 is 15.1 Å². The van der Waals surface area contributed by atoms with Gasteiger partial charge in [-0.1, -0.05) is 34.1 Å². The summed E-state index contributed by atoms with van der Waals surface area (Å²) in [4.78, 5) is 16.0. The molecule has 132 valence electrons. The molecule has 3 rings (SSSR count). The van der Waals surface area contributed by atoms with Gasteiger partial charge in [0.1, 0.15) is 0 Å². The monoisotopic (exact) mass is 435 g/mol. The maximum absolute atomic E-state index is 11.8. The van der Waals surface area contributed by atoms with Crippen molar-refractivity contribution in [3.8, 4) is 11.3 Å². The second-order valence-electron chi connectivity index (χ2n) is 5.43. The van der Waals surface area contributed by atoms with Crippen LogP contribution in [0.5, 0.6) is 0 Å². The fourth-order valence-corrected chi connectivity index (χ4v) is 2.75. The SMILES string of the molecule is Cl.Cl.O=C(CCc1ncc(-c2ccccc2Br)o1)NCC1CNC1. The Kier molecular flexibility index (Phi) is 8.76. The molecule has 0 unspecified atom stereocenters. The van der Waals surface area contributed by atoms with Gasteiger partial charge in [-0.15, -0.1) is 24.8 Å². The smallest absolute Gasteiger partial charge is 0.220 e. The minimum absolute atomic E-state index is 0. The van der Waals surface area contributed by atoms with Crippen molar-refractivity contribution in [1.82, 2.24) is 15.6 Å². The zero-order valence-corrected chi connectivity index (χ0v) is 16.2. The molecule has 0 spiro atoms. The first-order valence-electron chi connectivity index (χ1n) is 7.39. The summed E-state index contributed by atoms with van der Waals surface area (Å²) in [6.45, 7) is 2.74. The number of hydrogen-bond acceptors (Lipinski definition) is 4. The van der Waals surface area contributed by atoms with Crippen molar-refractivity contribution in [2.24, 2.45) is 5.92 Å². The van der Waals surface area contributed by atoms with E-state index in [4.69, 9.17) is 4.42 Å². The van der Waals surface area contributed by atoms with Crippen molar-refractivity contribution in [3.63, 3.8) is 0 Å². The van der Waals surface area contributed by atoms with Gasteiger partial charge >= 0.3 is 0 Å². The number of benzene rings is 1. The number of halogens is 3. The highest BCUT2D eigenvalue weighted by Crippen LogP contribution is 2.28. The number of oxazole rings is 1. The quantitative estimate of drug-likeness (QED) is 0.729. The summed E-state index contributed by atoms with van der Waals surface area (Å²) in [5.74, 6) is 1.93. The summed E-state index contributed by atoms with van der Waals surface area (Å²) < 4.78 is 6.69. The Balaban J connectivity index is 0.00000144.